The fraction of sp³-hybridized carbons (Fsp3) is 0.524. The first-order chi connectivity index (χ1) is 13.0. The normalized spacial score (nSPS) is 21.6. The summed E-state index contributed by atoms with van der Waals surface area (Å²) in [4.78, 5) is 14.9. The number of hydrogen-bond donors (Lipinski definition) is 1. The summed E-state index contributed by atoms with van der Waals surface area (Å²) in [6, 6.07) is 9.42. The lowest BCUT2D eigenvalue weighted by Gasteiger charge is -2.38. The first-order valence-electron chi connectivity index (χ1n) is 9.59. The smallest absolute Gasteiger partial charge is 0.273 e. The van der Waals surface area contributed by atoms with Crippen LogP contribution in [0, 0.1) is 11.8 Å². The van der Waals surface area contributed by atoms with Crippen LogP contribution in [0.4, 0.5) is 0 Å². The molecule has 0 unspecified atom stereocenters. The topological polar surface area (TPSA) is 67.6 Å². The van der Waals surface area contributed by atoms with Crippen molar-refractivity contribution in [1.29, 1.82) is 0 Å². The number of benzene rings is 1. The molecule has 1 aromatic heterocycles. The average Bonchev–Trinajstić information content (AvgIpc) is 3.15. The van der Waals surface area contributed by atoms with E-state index in [0.717, 1.165) is 24.4 Å². The number of ether oxygens (including phenoxy) is 1. The van der Waals surface area contributed by atoms with Crippen LogP contribution in [0.15, 0.2) is 34.9 Å². The Kier molecular flexibility index (Phi) is 6.16. The molecule has 1 saturated heterocycles. The largest absolute Gasteiger partial charge is 0.497 e. The number of aromatic nitrogens is 1. The zero-order valence-electron chi connectivity index (χ0n) is 16.6. The molecule has 2 aromatic rings. The molecule has 6 heteroatoms. The average molecular weight is 371 g/mol. The molecule has 1 aliphatic rings. The number of piperidine rings is 1. The molecular weight excluding hydrogens is 342 g/mol. The Morgan fingerprint density at radius 1 is 1.30 bits per heavy atom. The number of likely N-dealkylation sites (tertiary alicyclic amines) is 1. The van der Waals surface area contributed by atoms with E-state index >= 15 is 0 Å². The van der Waals surface area contributed by atoms with Gasteiger partial charge in [0.1, 0.15) is 5.75 Å². The SMILES string of the molecule is COc1ccc(-c2cc(C(=O)NC[C@H](C)N3C[C@H](C)C[C@H](C)C3)no2)cc1. The van der Waals surface area contributed by atoms with E-state index in [0.29, 0.717) is 35.9 Å². The lowest BCUT2D eigenvalue weighted by molar-refractivity contribution is 0.0862. The van der Waals surface area contributed by atoms with Gasteiger partial charge in [0.15, 0.2) is 11.5 Å². The van der Waals surface area contributed by atoms with Gasteiger partial charge in [0.05, 0.1) is 7.11 Å². The van der Waals surface area contributed by atoms with Gasteiger partial charge in [-0.2, -0.15) is 0 Å². The van der Waals surface area contributed by atoms with Crippen LogP contribution in [0.3, 0.4) is 0 Å². The minimum atomic E-state index is -0.205. The van der Waals surface area contributed by atoms with Crippen molar-refractivity contribution in [3.63, 3.8) is 0 Å². The highest BCUT2D eigenvalue weighted by molar-refractivity contribution is 5.93. The third kappa shape index (κ3) is 4.89. The number of rotatable bonds is 6. The molecule has 2 heterocycles. The number of nitrogens with zero attached hydrogens (tertiary/aromatic N) is 2. The second kappa shape index (κ2) is 8.57. The fourth-order valence-corrected chi connectivity index (χ4v) is 3.80. The number of methoxy groups -OCH3 is 1. The van der Waals surface area contributed by atoms with E-state index in [9.17, 15) is 4.79 Å². The Morgan fingerprint density at radius 3 is 2.59 bits per heavy atom. The van der Waals surface area contributed by atoms with Crippen molar-refractivity contribution in [2.75, 3.05) is 26.7 Å². The van der Waals surface area contributed by atoms with Crippen molar-refractivity contribution in [3.8, 4) is 17.1 Å². The van der Waals surface area contributed by atoms with Crippen LogP contribution in [0.1, 0.15) is 37.7 Å². The van der Waals surface area contributed by atoms with Gasteiger partial charge in [0, 0.05) is 37.3 Å². The predicted molar refractivity (Wildman–Crippen MR) is 105 cm³/mol. The van der Waals surface area contributed by atoms with E-state index in [1.807, 2.05) is 24.3 Å². The van der Waals surface area contributed by atoms with E-state index in [2.05, 4.69) is 36.1 Å². The summed E-state index contributed by atoms with van der Waals surface area (Å²) in [7, 11) is 1.62. The van der Waals surface area contributed by atoms with E-state index in [4.69, 9.17) is 9.26 Å². The molecule has 1 fully saturated rings. The third-order valence-electron chi connectivity index (χ3n) is 5.20. The first kappa shape index (κ1) is 19.4. The maximum atomic E-state index is 12.4. The van der Waals surface area contributed by atoms with Gasteiger partial charge in [0.2, 0.25) is 0 Å². The maximum Gasteiger partial charge on any atom is 0.273 e. The summed E-state index contributed by atoms with van der Waals surface area (Å²) >= 11 is 0. The summed E-state index contributed by atoms with van der Waals surface area (Å²) in [6.45, 7) is 9.54. The van der Waals surface area contributed by atoms with Crippen LogP contribution in [0.25, 0.3) is 11.3 Å². The molecule has 1 aromatic carbocycles. The summed E-state index contributed by atoms with van der Waals surface area (Å²) in [6.07, 6.45) is 1.28. The molecule has 146 valence electrons. The summed E-state index contributed by atoms with van der Waals surface area (Å²) in [5, 5.41) is 6.90. The van der Waals surface area contributed by atoms with Crippen LogP contribution in [0.5, 0.6) is 5.75 Å². The van der Waals surface area contributed by atoms with Gasteiger partial charge in [-0.1, -0.05) is 19.0 Å². The summed E-state index contributed by atoms with van der Waals surface area (Å²) in [5.41, 5.74) is 1.15. The number of nitrogens with one attached hydrogen (secondary N) is 1. The summed E-state index contributed by atoms with van der Waals surface area (Å²) < 4.78 is 10.5. The molecule has 27 heavy (non-hydrogen) atoms. The molecule has 0 radical (unpaired) electrons. The second-order valence-electron chi connectivity index (χ2n) is 7.76. The Hall–Kier alpha value is -2.34. The molecule has 1 amide bonds. The minimum absolute atomic E-state index is 0.205. The van der Waals surface area contributed by atoms with Gasteiger partial charge in [-0.25, -0.2) is 0 Å². The quantitative estimate of drug-likeness (QED) is 0.842. The Morgan fingerprint density at radius 2 is 1.96 bits per heavy atom. The minimum Gasteiger partial charge on any atom is -0.497 e. The molecule has 3 rings (SSSR count). The van der Waals surface area contributed by atoms with Gasteiger partial charge < -0.3 is 14.6 Å². The number of amides is 1. The highest BCUT2D eigenvalue weighted by Gasteiger charge is 2.25. The van der Waals surface area contributed by atoms with Crippen molar-refractivity contribution in [2.24, 2.45) is 11.8 Å². The van der Waals surface area contributed by atoms with E-state index in [-0.39, 0.29) is 5.91 Å². The van der Waals surface area contributed by atoms with Crippen molar-refractivity contribution < 1.29 is 14.1 Å². The van der Waals surface area contributed by atoms with Crippen LogP contribution >= 0.6 is 0 Å². The molecule has 0 bridgehead atoms. The van der Waals surface area contributed by atoms with E-state index in [1.54, 1.807) is 13.2 Å². The number of carbonyl (C=O) groups is 1. The van der Waals surface area contributed by atoms with Crippen molar-refractivity contribution in [2.45, 2.75) is 33.2 Å². The Bertz CT molecular complexity index is 746. The van der Waals surface area contributed by atoms with Crippen LogP contribution < -0.4 is 10.1 Å². The zero-order chi connectivity index (χ0) is 19.4. The molecule has 0 spiro atoms. The summed E-state index contributed by atoms with van der Waals surface area (Å²) in [5.74, 6) is 2.54. The molecule has 6 nitrogen and oxygen atoms in total. The first-order valence-corrected chi connectivity index (χ1v) is 9.59. The molecule has 3 atom stereocenters. The fourth-order valence-electron chi connectivity index (χ4n) is 3.80. The van der Waals surface area contributed by atoms with Gasteiger partial charge in [-0.05, 0) is 49.4 Å². The van der Waals surface area contributed by atoms with Gasteiger partial charge >= 0.3 is 0 Å². The van der Waals surface area contributed by atoms with Crippen molar-refractivity contribution >= 4 is 5.91 Å². The third-order valence-corrected chi connectivity index (χ3v) is 5.20. The van der Waals surface area contributed by atoms with Gasteiger partial charge in [-0.3, -0.25) is 9.69 Å². The molecule has 1 N–H and O–H groups in total. The predicted octanol–water partition coefficient (Wildman–Crippen LogP) is 3.45. The number of carbonyl (C=O) groups excluding carboxylic acids is 1. The molecule has 1 aliphatic heterocycles. The molecular formula is C21H29N3O3. The Balaban J connectivity index is 1.56. The zero-order valence-corrected chi connectivity index (χ0v) is 16.6. The molecule has 0 saturated carbocycles. The standard InChI is InChI=1S/C21H29N3O3/c1-14-9-15(2)13-24(12-14)16(3)11-22-21(25)19-10-20(27-23-19)17-5-7-18(26-4)8-6-17/h5-8,10,14-16H,9,11-13H2,1-4H3,(H,22,25)/t14-,15+,16-/m0/s1. The van der Waals surface area contributed by atoms with Crippen molar-refractivity contribution in [1.82, 2.24) is 15.4 Å². The van der Waals surface area contributed by atoms with Crippen LogP contribution in [-0.2, 0) is 0 Å². The maximum absolute atomic E-state index is 12.4. The van der Waals surface area contributed by atoms with E-state index in [1.165, 1.54) is 6.42 Å². The lowest BCUT2D eigenvalue weighted by atomic mass is 9.91. The monoisotopic (exact) mass is 371 g/mol. The van der Waals surface area contributed by atoms with Gasteiger partial charge in [0.25, 0.3) is 5.91 Å². The van der Waals surface area contributed by atoms with Crippen LogP contribution in [-0.4, -0.2) is 48.7 Å². The molecule has 0 aliphatic carbocycles. The number of hydrogen-bond acceptors (Lipinski definition) is 5. The highest BCUT2D eigenvalue weighted by Crippen LogP contribution is 2.24. The van der Waals surface area contributed by atoms with Crippen LogP contribution in [0.2, 0.25) is 0 Å². The highest BCUT2D eigenvalue weighted by atomic mass is 16.5. The van der Waals surface area contributed by atoms with Crippen molar-refractivity contribution in [3.05, 3.63) is 36.0 Å². The van der Waals surface area contributed by atoms with E-state index < -0.39 is 0 Å². The Labute approximate surface area is 160 Å². The lowest BCUT2D eigenvalue weighted by Crippen LogP contribution is -2.48. The van der Waals surface area contributed by atoms with Gasteiger partial charge in [-0.15, -0.1) is 0 Å². The second-order valence-corrected chi connectivity index (χ2v) is 7.76.